The molecule has 1 aromatic carbocycles. The van der Waals surface area contributed by atoms with Gasteiger partial charge in [0.1, 0.15) is 11.6 Å². The van der Waals surface area contributed by atoms with Gasteiger partial charge in [-0.05, 0) is 43.9 Å². The van der Waals surface area contributed by atoms with Gasteiger partial charge in [-0.1, -0.05) is 25.0 Å². The number of nitrogens with one attached hydrogen (secondary N) is 2. The molecule has 1 aliphatic heterocycles. The molecule has 0 radical (unpaired) electrons. The van der Waals surface area contributed by atoms with Crippen LogP contribution < -0.4 is 15.4 Å². The maximum Gasteiger partial charge on any atom is 0.192 e. The van der Waals surface area contributed by atoms with E-state index in [1.54, 1.807) is 7.11 Å². The lowest BCUT2D eigenvalue weighted by Gasteiger charge is -2.57. The van der Waals surface area contributed by atoms with Crippen molar-refractivity contribution in [3.05, 3.63) is 41.5 Å². The average molecular weight is 439 g/mol. The molecule has 3 unspecified atom stereocenters. The molecular formula is C24H34N6O2. The van der Waals surface area contributed by atoms with E-state index < -0.39 is 0 Å². The highest BCUT2D eigenvalue weighted by Gasteiger charge is 2.65. The molecule has 2 aromatic rings. The number of rotatable bonds is 6. The van der Waals surface area contributed by atoms with Crippen LogP contribution >= 0.6 is 0 Å². The highest BCUT2D eigenvalue weighted by Crippen LogP contribution is 2.60. The minimum Gasteiger partial charge on any atom is -0.497 e. The summed E-state index contributed by atoms with van der Waals surface area (Å²) in [6.07, 6.45) is 6.66. The standard InChI is InChI=1S/C24H34N6O2/c1-16-28-29-20(30(16)2)15-26-23(25-14-17-6-8-18(31-3)9-7-17)27-21-19-10-13-32-22(19)24(21)11-4-5-12-24/h6-9,19,21-22H,4-5,10-15H2,1-3H3,(H2,25,26,27). The molecule has 2 heterocycles. The molecule has 172 valence electrons. The molecular weight excluding hydrogens is 404 g/mol. The Morgan fingerprint density at radius 1 is 1.25 bits per heavy atom. The number of hydrogen-bond donors (Lipinski definition) is 2. The van der Waals surface area contributed by atoms with Crippen molar-refractivity contribution in [2.75, 3.05) is 13.7 Å². The van der Waals surface area contributed by atoms with Crippen LogP contribution in [0.1, 0.15) is 49.3 Å². The minimum atomic E-state index is 0.269. The summed E-state index contributed by atoms with van der Waals surface area (Å²) in [5, 5.41) is 15.8. The highest BCUT2D eigenvalue weighted by molar-refractivity contribution is 5.80. The predicted octanol–water partition coefficient (Wildman–Crippen LogP) is 2.72. The molecule has 3 atom stereocenters. The molecule has 2 saturated carbocycles. The van der Waals surface area contributed by atoms with Crippen LogP contribution in [0.5, 0.6) is 5.75 Å². The molecule has 0 amide bonds. The Morgan fingerprint density at radius 2 is 2.03 bits per heavy atom. The van der Waals surface area contributed by atoms with Gasteiger partial charge in [0.15, 0.2) is 11.8 Å². The molecule has 2 N–H and O–H groups in total. The molecule has 5 rings (SSSR count). The highest BCUT2D eigenvalue weighted by atomic mass is 16.5. The number of fused-ring (bicyclic) bond motifs is 2. The lowest BCUT2D eigenvalue weighted by Crippen LogP contribution is -2.69. The van der Waals surface area contributed by atoms with E-state index in [0.717, 1.165) is 41.9 Å². The number of nitrogens with zero attached hydrogens (tertiary/aromatic N) is 4. The first-order valence-electron chi connectivity index (χ1n) is 11.7. The van der Waals surface area contributed by atoms with Crippen molar-refractivity contribution in [1.82, 2.24) is 25.4 Å². The molecule has 32 heavy (non-hydrogen) atoms. The second kappa shape index (κ2) is 8.73. The lowest BCUT2D eigenvalue weighted by molar-refractivity contribution is -0.125. The Morgan fingerprint density at radius 3 is 2.72 bits per heavy atom. The first kappa shape index (κ1) is 21.2. The van der Waals surface area contributed by atoms with Crippen LogP contribution in [0.3, 0.4) is 0 Å². The van der Waals surface area contributed by atoms with Crippen molar-refractivity contribution < 1.29 is 9.47 Å². The number of guanidine groups is 1. The summed E-state index contributed by atoms with van der Waals surface area (Å²) in [4.78, 5) is 4.95. The van der Waals surface area contributed by atoms with E-state index in [-0.39, 0.29) is 5.41 Å². The van der Waals surface area contributed by atoms with Crippen LogP contribution in [0, 0.1) is 18.3 Å². The third kappa shape index (κ3) is 3.74. The van der Waals surface area contributed by atoms with E-state index in [0.29, 0.717) is 31.2 Å². The summed E-state index contributed by atoms with van der Waals surface area (Å²) in [5.74, 6) is 4.08. The van der Waals surface area contributed by atoms with E-state index >= 15 is 0 Å². The topological polar surface area (TPSA) is 85.6 Å². The predicted molar refractivity (Wildman–Crippen MR) is 122 cm³/mol. The van der Waals surface area contributed by atoms with Crippen LogP contribution in [0.2, 0.25) is 0 Å². The number of aliphatic imine (C=N–C) groups is 1. The zero-order valence-corrected chi connectivity index (χ0v) is 19.3. The summed E-state index contributed by atoms with van der Waals surface area (Å²) >= 11 is 0. The maximum absolute atomic E-state index is 6.17. The van der Waals surface area contributed by atoms with Crippen LogP contribution in [0.25, 0.3) is 0 Å². The average Bonchev–Trinajstić information content (AvgIpc) is 3.55. The molecule has 1 spiro atoms. The number of benzene rings is 1. The van der Waals surface area contributed by atoms with E-state index in [1.165, 1.54) is 25.7 Å². The first-order chi connectivity index (χ1) is 15.6. The zero-order valence-electron chi connectivity index (χ0n) is 19.3. The van der Waals surface area contributed by atoms with E-state index in [2.05, 4.69) is 33.0 Å². The molecule has 8 nitrogen and oxygen atoms in total. The van der Waals surface area contributed by atoms with Crippen molar-refractivity contribution in [3.8, 4) is 5.75 Å². The van der Waals surface area contributed by atoms with Crippen molar-refractivity contribution in [2.24, 2.45) is 23.4 Å². The fourth-order valence-electron chi connectivity index (χ4n) is 5.87. The lowest BCUT2D eigenvalue weighted by atomic mass is 9.54. The van der Waals surface area contributed by atoms with Gasteiger partial charge in [-0.25, -0.2) is 4.99 Å². The summed E-state index contributed by atoms with van der Waals surface area (Å²) in [6.45, 7) is 4.03. The smallest absolute Gasteiger partial charge is 0.192 e. The number of ether oxygens (including phenoxy) is 2. The van der Waals surface area contributed by atoms with Gasteiger partial charge >= 0.3 is 0 Å². The Balaban J connectivity index is 1.34. The number of aryl methyl sites for hydroxylation is 1. The van der Waals surface area contributed by atoms with Crippen LogP contribution in [0.15, 0.2) is 29.3 Å². The van der Waals surface area contributed by atoms with E-state index in [4.69, 9.17) is 14.5 Å². The third-order valence-corrected chi connectivity index (χ3v) is 7.75. The van der Waals surface area contributed by atoms with E-state index in [9.17, 15) is 0 Å². The normalized spacial score (nSPS) is 26.1. The number of methoxy groups -OCH3 is 1. The third-order valence-electron chi connectivity index (χ3n) is 7.75. The second-order valence-electron chi connectivity index (χ2n) is 9.40. The number of hydrogen-bond acceptors (Lipinski definition) is 5. The molecule has 3 fully saturated rings. The van der Waals surface area contributed by atoms with Gasteiger partial charge in [0.2, 0.25) is 0 Å². The SMILES string of the molecule is COc1ccc(CN=C(NCc2nnc(C)n2C)NC2C3CCOC3C23CCCC3)cc1. The monoisotopic (exact) mass is 438 g/mol. The molecule has 3 aliphatic rings. The van der Waals surface area contributed by atoms with Gasteiger partial charge in [-0.3, -0.25) is 0 Å². The van der Waals surface area contributed by atoms with Crippen molar-refractivity contribution in [1.29, 1.82) is 0 Å². The van der Waals surface area contributed by atoms with Crippen molar-refractivity contribution in [2.45, 2.75) is 64.3 Å². The van der Waals surface area contributed by atoms with E-state index in [1.807, 2.05) is 30.7 Å². The molecule has 1 saturated heterocycles. The van der Waals surface area contributed by atoms with Gasteiger partial charge in [0.05, 0.1) is 26.3 Å². The fraction of sp³-hybridized carbons (Fsp3) is 0.625. The molecule has 0 bridgehead atoms. The minimum absolute atomic E-state index is 0.269. The largest absolute Gasteiger partial charge is 0.497 e. The van der Waals surface area contributed by atoms with Gasteiger partial charge in [0.25, 0.3) is 0 Å². The zero-order chi connectivity index (χ0) is 22.1. The van der Waals surface area contributed by atoms with Gasteiger partial charge in [0, 0.05) is 31.0 Å². The maximum atomic E-state index is 6.17. The number of aromatic nitrogens is 3. The Labute approximate surface area is 189 Å². The summed E-state index contributed by atoms with van der Waals surface area (Å²) in [7, 11) is 3.68. The summed E-state index contributed by atoms with van der Waals surface area (Å²) < 4.78 is 13.5. The van der Waals surface area contributed by atoms with Gasteiger partial charge < -0.3 is 24.7 Å². The molecule has 8 heteroatoms. The Kier molecular flexibility index (Phi) is 5.80. The second-order valence-corrected chi connectivity index (χ2v) is 9.40. The fourth-order valence-corrected chi connectivity index (χ4v) is 5.87. The molecule has 1 aromatic heterocycles. The van der Waals surface area contributed by atoms with Gasteiger partial charge in [-0.15, -0.1) is 10.2 Å². The Bertz CT molecular complexity index is 963. The summed E-state index contributed by atoms with van der Waals surface area (Å²) in [5.41, 5.74) is 1.41. The van der Waals surface area contributed by atoms with Crippen LogP contribution in [-0.4, -0.2) is 46.6 Å². The van der Waals surface area contributed by atoms with Crippen LogP contribution in [0.4, 0.5) is 0 Å². The molecule has 2 aliphatic carbocycles. The quantitative estimate of drug-likeness (QED) is 0.533. The van der Waals surface area contributed by atoms with Gasteiger partial charge in [-0.2, -0.15) is 0 Å². The Hall–Kier alpha value is -2.61. The first-order valence-corrected chi connectivity index (χ1v) is 11.7. The van der Waals surface area contributed by atoms with Crippen molar-refractivity contribution >= 4 is 5.96 Å². The van der Waals surface area contributed by atoms with Crippen LogP contribution in [-0.2, 0) is 24.9 Å². The van der Waals surface area contributed by atoms with Crippen molar-refractivity contribution in [3.63, 3.8) is 0 Å². The summed E-state index contributed by atoms with van der Waals surface area (Å²) in [6, 6.07) is 8.51.